The molecule has 4 rings (SSSR count). The molecule has 35 heavy (non-hydrogen) atoms. The molecule has 1 fully saturated rings. The van der Waals surface area contributed by atoms with Crippen molar-refractivity contribution in [2.45, 2.75) is 51.7 Å². The first kappa shape index (κ1) is 25.0. The minimum atomic E-state index is -0.785. The third-order valence-corrected chi connectivity index (χ3v) is 6.69. The number of halogens is 3. The summed E-state index contributed by atoms with van der Waals surface area (Å²) in [6, 6.07) is 8.12. The predicted molar refractivity (Wildman–Crippen MR) is 127 cm³/mol. The summed E-state index contributed by atoms with van der Waals surface area (Å²) in [7, 11) is 0. The van der Waals surface area contributed by atoms with Crippen molar-refractivity contribution >= 4 is 17.4 Å². The van der Waals surface area contributed by atoms with Crippen LogP contribution >= 0.6 is 11.6 Å². The van der Waals surface area contributed by atoms with Gasteiger partial charge in [-0.1, -0.05) is 36.6 Å². The Bertz CT molecular complexity index is 1310. The van der Waals surface area contributed by atoms with Gasteiger partial charge >= 0.3 is 0 Å². The molecule has 0 unspecified atom stereocenters. The minimum Gasteiger partial charge on any atom is -0.471 e. The number of hydrogen-bond donors (Lipinski definition) is 1. The van der Waals surface area contributed by atoms with Crippen LogP contribution in [0.5, 0.6) is 5.88 Å². The number of carbonyl (C=O) groups is 1. The Balaban J connectivity index is 1.56. The van der Waals surface area contributed by atoms with E-state index in [0.717, 1.165) is 37.0 Å². The van der Waals surface area contributed by atoms with Crippen molar-refractivity contribution in [3.05, 3.63) is 86.4 Å². The van der Waals surface area contributed by atoms with Gasteiger partial charge in [-0.15, -0.1) is 0 Å². The second-order valence-corrected chi connectivity index (χ2v) is 9.18. The van der Waals surface area contributed by atoms with Crippen LogP contribution in [0.2, 0.25) is 5.02 Å². The number of carbonyl (C=O) groups excluding carboxylic acids is 1. The van der Waals surface area contributed by atoms with Crippen LogP contribution in [0.25, 0.3) is 5.69 Å². The van der Waals surface area contributed by atoms with Crippen LogP contribution in [0.3, 0.4) is 0 Å². The maximum Gasteiger partial charge on any atom is 0.280 e. The smallest absolute Gasteiger partial charge is 0.280 e. The Kier molecular flexibility index (Phi) is 7.62. The molecule has 0 amide bonds. The molecule has 0 aliphatic heterocycles. The first-order valence-electron chi connectivity index (χ1n) is 11.4. The normalized spacial score (nSPS) is 17.9. The zero-order chi connectivity index (χ0) is 25.1. The molecule has 1 N–H and O–H groups in total. The van der Waals surface area contributed by atoms with Gasteiger partial charge in [0.25, 0.3) is 5.56 Å². The number of rotatable bonds is 7. The van der Waals surface area contributed by atoms with Crippen LogP contribution in [0.15, 0.2) is 47.5 Å². The Morgan fingerprint density at radius 1 is 1.20 bits per heavy atom. The zero-order valence-corrected chi connectivity index (χ0v) is 19.9. The molecular weight excluding hydrogens is 478 g/mol. The first-order valence-corrected chi connectivity index (χ1v) is 11.8. The maximum atomic E-state index is 13.9. The van der Waals surface area contributed by atoms with Gasteiger partial charge in [0.05, 0.1) is 11.8 Å². The number of Topliss-reactive ketones (excluding diaryl/α,β-unsaturated/α-hetero) is 1. The molecule has 1 aliphatic rings. The quantitative estimate of drug-likeness (QED) is 0.450. The fourth-order valence-corrected chi connectivity index (χ4v) is 4.49. The lowest BCUT2D eigenvalue weighted by molar-refractivity contribution is 0.0583. The summed E-state index contributed by atoms with van der Waals surface area (Å²) in [6.45, 7) is 1.49. The highest BCUT2D eigenvalue weighted by atomic mass is 35.5. The summed E-state index contributed by atoms with van der Waals surface area (Å²) in [5, 5.41) is 9.90. The number of benzene rings is 2. The van der Waals surface area contributed by atoms with Gasteiger partial charge in [0.2, 0.25) is 5.88 Å². The van der Waals surface area contributed by atoms with Crippen molar-refractivity contribution in [1.29, 1.82) is 0 Å². The number of aryl methyl sites for hydroxylation is 1. The molecule has 1 saturated carbocycles. The van der Waals surface area contributed by atoms with E-state index >= 15 is 0 Å². The highest BCUT2D eigenvalue weighted by Gasteiger charge is 2.26. The van der Waals surface area contributed by atoms with Gasteiger partial charge in [-0.3, -0.25) is 14.2 Å². The van der Waals surface area contributed by atoms with E-state index in [1.165, 1.54) is 17.0 Å². The molecule has 2 aromatic carbocycles. The van der Waals surface area contributed by atoms with E-state index in [0.29, 0.717) is 17.7 Å². The van der Waals surface area contributed by atoms with E-state index < -0.39 is 23.3 Å². The number of ketones is 1. The third-order valence-electron chi connectivity index (χ3n) is 6.37. The number of hydrogen-bond acceptors (Lipinski definition) is 5. The van der Waals surface area contributed by atoms with Crippen LogP contribution in [-0.4, -0.2) is 26.5 Å². The van der Waals surface area contributed by atoms with E-state index in [1.807, 2.05) is 0 Å². The number of aliphatic hydroxyl groups is 1. The molecule has 0 bridgehead atoms. The summed E-state index contributed by atoms with van der Waals surface area (Å²) >= 11 is 6.21. The largest absolute Gasteiger partial charge is 0.471 e. The Hall–Kier alpha value is -3.10. The third kappa shape index (κ3) is 5.60. The van der Waals surface area contributed by atoms with E-state index in [2.05, 4.69) is 4.98 Å². The van der Waals surface area contributed by atoms with Crippen molar-refractivity contribution in [1.82, 2.24) is 9.55 Å². The van der Waals surface area contributed by atoms with E-state index in [1.54, 1.807) is 25.1 Å². The predicted octanol–water partition coefficient (Wildman–Crippen LogP) is 5.18. The molecule has 1 aromatic heterocycles. The minimum absolute atomic E-state index is 0.0674. The highest BCUT2D eigenvalue weighted by molar-refractivity contribution is 6.31. The van der Waals surface area contributed by atoms with Crippen molar-refractivity contribution in [2.24, 2.45) is 5.92 Å². The molecule has 184 valence electrons. The van der Waals surface area contributed by atoms with Crippen molar-refractivity contribution < 1.29 is 23.4 Å². The average molecular weight is 503 g/mol. The average Bonchev–Trinajstić information content (AvgIpc) is 2.83. The summed E-state index contributed by atoms with van der Waals surface area (Å²) in [5.74, 6) is -1.86. The lowest BCUT2D eigenvalue weighted by Gasteiger charge is -2.27. The lowest BCUT2D eigenvalue weighted by atomic mass is 9.82. The van der Waals surface area contributed by atoms with Crippen LogP contribution < -0.4 is 10.3 Å². The van der Waals surface area contributed by atoms with Gasteiger partial charge in [-0.05, 0) is 49.4 Å². The highest BCUT2D eigenvalue weighted by Crippen LogP contribution is 2.29. The zero-order valence-electron chi connectivity index (χ0n) is 19.1. The lowest BCUT2D eigenvalue weighted by Crippen LogP contribution is -2.27. The molecule has 0 spiro atoms. The number of aliphatic hydroxyl groups excluding tert-OH is 1. The molecule has 2 atom stereocenters. The van der Waals surface area contributed by atoms with E-state index in [4.69, 9.17) is 16.3 Å². The molecule has 0 radical (unpaired) electrons. The Labute approximate surface area is 206 Å². The second kappa shape index (κ2) is 10.7. The van der Waals surface area contributed by atoms with Crippen molar-refractivity contribution in [3.8, 4) is 11.6 Å². The molecular formula is C26H25ClF2N2O4. The van der Waals surface area contributed by atoms with Crippen molar-refractivity contribution in [2.75, 3.05) is 0 Å². The number of aromatic nitrogens is 2. The van der Waals surface area contributed by atoms with Gasteiger partial charge in [-0.25, -0.2) is 13.8 Å². The maximum absolute atomic E-state index is 13.9. The Morgan fingerprint density at radius 2 is 1.97 bits per heavy atom. The second-order valence-electron chi connectivity index (χ2n) is 8.80. The summed E-state index contributed by atoms with van der Waals surface area (Å²) < 4.78 is 33.6. The molecule has 1 heterocycles. The van der Waals surface area contributed by atoms with Crippen LogP contribution in [-0.2, 0) is 6.61 Å². The van der Waals surface area contributed by atoms with Gasteiger partial charge in [0, 0.05) is 23.6 Å². The monoisotopic (exact) mass is 502 g/mol. The fourth-order valence-electron chi connectivity index (χ4n) is 4.30. The van der Waals surface area contributed by atoms with Crippen LogP contribution in [0, 0.1) is 24.5 Å². The SMILES string of the molecule is Cc1ccc(C(=O)C[C@H]2CCCC[C@@H]2O)cc1-n1cnc(OCc2ccc(F)cc2F)c(Cl)c1=O. The Morgan fingerprint density at radius 3 is 2.71 bits per heavy atom. The van der Waals surface area contributed by atoms with Gasteiger partial charge < -0.3 is 9.84 Å². The van der Waals surface area contributed by atoms with Gasteiger partial charge in [0.15, 0.2) is 10.8 Å². The van der Waals surface area contributed by atoms with Crippen LogP contribution in [0.1, 0.15) is 53.6 Å². The summed E-state index contributed by atoms with van der Waals surface area (Å²) in [6.07, 6.45) is 4.48. The van der Waals surface area contributed by atoms with E-state index in [-0.39, 0.29) is 41.2 Å². The molecule has 9 heteroatoms. The van der Waals surface area contributed by atoms with Crippen molar-refractivity contribution in [3.63, 3.8) is 0 Å². The first-order chi connectivity index (χ1) is 16.7. The summed E-state index contributed by atoms with van der Waals surface area (Å²) in [5.41, 5.74) is 1.06. The van der Waals surface area contributed by atoms with Crippen LogP contribution in [0.4, 0.5) is 8.78 Å². The topological polar surface area (TPSA) is 81.4 Å². The van der Waals surface area contributed by atoms with Gasteiger partial charge in [0.1, 0.15) is 24.6 Å². The fraction of sp³-hybridized carbons (Fsp3) is 0.346. The summed E-state index contributed by atoms with van der Waals surface area (Å²) in [4.78, 5) is 30.0. The standard InChI is InChI=1S/C26H25ClF2N2O4/c1-15-6-7-17(23(33)11-16-4-2-3-5-22(16)32)10-21(15)31-14-30-25(24(27)26(31)34)35-13-18-8-9-19(28)12-20(18)29/h6-10,12,14,16,22,32H,2-5,11,13H2,1H3/t16-,22+/m1/s1. The molecule has 3 aromatic rings. The molecule has 0 saturated heterocycles. The van der Waals surface area contributed by atoms with E-state index in [9.17, 15) is 23.5 Å². The number of ether oxygens (including phenoxy) is 1. The molecule has 6 nitrogen and oxygen atoms in total. The van der Waals surface area contributed by atoms with Gasteiger partial charge in [-0.2, -0.15) is 0 Å². The molecule has 1 aliphatic carbocycles. The number of nitrogens with zero attached hydrogens (tertiary/aromatic N) is 2.